The van der Waals surface area contributed by atoms with Crippen LogP contribution >= 0.6 is 0 Å². The maximum atomic E-state index is 11.8. The number of amides is 1. The van der Waals surface area contributed by atoms with Crippen LogP contribution in [0.25, 0.3) is 0 Å². The van der Waals surface area contributed by atoms with Gasteiger partial charge in [-0.2, -0.15) is 5.10 Å². The summed E-state index contributed by atoms with van der Waals surface area (Å²) in [6, 6.07) is 9.25. The van der Waals surface area contributed by atoms with Gasteiger partial charge in [-0.25, -0.2) is 5.43 Å². The molecular weight excluding hydrogens is 290 g/mol. The number of nitrogens with zero attached hydrogens (tertiary/aromatic N) is 2. The molecule has 0 fully saturated rings. The van der Waals surface area contributed by atoms with Crippen molar-refractivity contribution in [3.05, 3.63) is 63.7 Å². The maximum absolute atomic E-state index is 11.8. The number of benzene rings is 2. The Morgan fingerprint density at radius 1 is 1.18 bits per heavy atom. The molecular formula is C14H11N3O5. The molecule has 0 bridgehead atoms. The molecule has 22 heavy (non-hydrogen) atoms. The summed E-state index contributed by atoms with van der Waals surface area (Å²) < 4.78 is 0. The van der Waals surface area contributed by atoms with Crippen molar-refractivity contribution in [1.82, 2.24) is 5.43 Å². The molecule has 0 saturated carbocycles. The molecule has 0 spiro atoms. The summed E-state index contributed by atoms with van der Waals surface area (Å²) in [6.45, 7) is 0. The monoisotopic (exact) mass is 301 g/mol. The van der Waals surface area contributed by atoms with Gasteiger partial charge in [0.05, 0.1) is 11.1 Å². The van der Waals surface area contributed by atoms with Gasteiger partial charge in [0.15, 0.2) is 11.5 Å². The Labute approximate surface area is 124 Å². The van der Waals surface area contributed by atoms with E-state index in [-0.39, 0.29) is 22.7 Å². The zero-order valence-electron chi connectivity index (χ0n) is 11.1. The molecule has 0 aliphatic rings. The minimum atomic E-state index is -0.608. The molecule has 2 aromatic carbocycles. The van der Waals surface area contributed by atoms with Crippen molar-refractivity contribution in [2.75, 3.05) is 0 Å². The van der Waals surface area contributed by atoms with E-state index < -0.39 is 10.8 Å². The number of phenols is 2. The van der Waals surface area contributed by atoms with Crippen LogP contribution in [0.5, 0.6) is 11.5 Å². The Hall–Kier alpha value is -3.42. The summed E-state index contributed by atoms with van der Waals surface area (Å²) in [5.74, 6) is -1.19. The number of hydrogen-bond donors (Lipinski definition) is 3. The Balaban J connectivity index is 2.06. The number of nitro groups is 1. The van der Waals surface area contributed by atoms with Crippen LogP contribution in [0.1, 0.15) is 15.9 Å². The topological polar surface area (TPSA) is 125 Å². The summed E-state index contributed by atoms with van der Waals surface area (Å²) in [4.78, 5) is 21.8. The number of carbonyl (C=O) groups excluding carboxylic acids is 1. The first-order valence-corrected chi connectivity index (χ1v) is 6.07. The van der Waals surface area contributed by atoms with Crippen molar-refractivity contribution >= 4 is 17.8 Å². The average Bonchev–Trinajstić information content (AvgIpc) is 2.51. The van der Waals surface area contributed by atoms with Crippen molar-refractivity contribution in [1.29, 1.82) is 0 Å². The number of aromatic hydroxyl groups is 2. The van der Waals surface area contributed by atoms with Gasteiger partial charge < -0.3 is 10.2 Å². The number of nitro benzene ring substituents is 1. The Kier molecular flexibility index (Phi) is 4.33. The molecule has 8 heteroatoms. The number of phenolic OH excluding ortho intramolecular Hbond substituents is 2. The third-order valence-corrected chi connectivity index (χ3v) is 2.70. The van der Waals surface area contributed by atoms with Crippen LogP contribution in [0.2, 0.25) is 0 Å². The smallest absolute Gasteiger partial charge is 0.271 e. The first kappa shape index (κ1) is 15.0. The molecule has 0 heterocycles. The van der Waals surface area contributed by atoms with E-state index in [1.54, 1.807) is 0 Å². The molecule has 2 aromatic rings. The van der Waals surface area contributed by atoms with E-state index in [0.29, 0.717) is 5.56 Å². The van der Waals surface area contributed by atoms with Crippen molar-refractivity contribution < 1.29 is 19.9 Å². The van der Waals surface area contributed by atoms with E-state index >= 15 is 0 Å². The largest absolute Gasteiger partial charge is 0.504 e. The molecule has 0 unspecified atom stereocenters. The van der Waals surface area contributed by atoms with E-state index in [2.05, 4.69) is 10.5 Å². The minimum Gasteiger partial charge on any atom is -0.504 e. The molecule has 0 radical (unpaired) electrons. The number of non-ortho nitro benzene ring substituents is 1. The highest BCUT2D eigenvalue weighted by Crippen LogP contribution is 2.23. The molecule has 0 aliphatic heterocycles. The fraction of sp³-hybridized carbons (Fsp3) is 0. The van der Waals surface area contributed by atoms with Gasteiger partial charge in [-0.05, 0) is 29.8 Å². The highest BCUT2D eigenvalue weighted by molar-refractivity contribution is 5.95. The predicted molar refractivity (Wildman–Crippen MR) is 77.9 cm³/mol. The van der Waals surface area contributed by atoms with Crippen molar-refractivity contribution in [2.24, 2.45) is 5.10 Å². The SMILES string of the molecule is O=C(N/N=C/c1ccc(O)c(O)c1)c1cccc([N+](=O)[O-])c1. The number of hydrogen-bond acceptors (Lipinski definition) is 6. The lowest BCUT2D eigenvalue weighted by atomic mass is 10.2. The average molecular weight is 301 g/mol. The number of nitrogens with one attached hydrogen (secondary N) is 1. The van der Waals surface area contributed by atoms with Gasteiger partial charge in [-0.3, -0.25) is 14.9 Å². The fourth-order valence-electron chi connectivity index (χ4n) is 1.61. The molecule has 112 valence electrons. The lowest BCUT2D eigenvalue weighted by molar-refractivity contribution is -0.384. The Morgan fingerprint density at radius 3 is 2.64 bits per heavy atom. The van der Waals surface area contributed by atoms with Gasteiger partial charge >= 0.3 is 0 Å². The van der Waals surface area contributed by atoms with Crippen molar-refractivity contribution in [3.63, 3.8) is 0 Å². The van der Waals surface area contributed by atoms with E-state index in [1.807, 2.05) is 0 Å². The lowest BCUT2D eigenvalue weighted by Gasteiger charge is -2.00. The van der Waals surface area contributed by atoms with Crippen molar-refractivity contribution in [3.8, 4) is 11.5 Å². The van der Waals surface area contributed by atoms with Gasteiger partial charge in [0, 0.05) is 17.7 Å². The summed E-state index contributed by atoms with van der Waals surface area (Å²) in [5.41, 5.74) is 2.57. The number of hydrazone groups is 1. The van der Waals surface area contributed by atoms with E-state index in [4.69, 9.17) is 5.11 Å². The number of carbonyl (C=O) groups is 1. The van der Waals surface area contributed by atoms with Gasteiger partial charge in [0.1, 0.15) is 0 Å². The highest BCUT2D eigenvalue weighted by Gasteiger charge is 2.10. The molecule has 0 aliphatic carbocycles. The first-order chi connectivity index (χ1) is 10.5. The van der Waals surface area contributed by atoms with E-state index in [0.717, 1.165) is 6.07 Å². The summed E-state index contributed by atoms with van der Waals surface area (Å²) >= 11 is 0. The van der Waals surface area contributed by atoms with Crippen LogP contribution in [0.15, 0.2) is 47.6 Å². The van der Waals surface area contributed by atoms with Crippen LogP contribution in [0.4, 0.5) is 5.69 Å². The number of rotatable bonds is 4. The normalized spacial score (nSPS) is 10.5. The van der Waals surface area contributed by atoms with Gasteiger partial charge in [-0.1, -0.05) is 6.07 Å². The molecule has 2 rings (SSSR count). The quantitative estimate of drug-likeness (QED) is 0.343. The van der Waals surface area contributed by atoms with Gasteiger partial charge in [0.25, 0.3) is 11.6 Å². The molecule has 8 nitrogen and oxygen atoms in total. The Morgan fingerprint density at radius 2 is 1.95 bits per heavy atom. The second-order valence-electron chi connectivity index (χ2n) is 4.25. The van der Waals surface area contributed by atoms with E-state index in [9.17, 15) is 20.0 Å². The predicted octanol–water partition coefficient (Wildman–Crippen LogP) is 1.77. The lowest BCUT2D eigenvalue weighted by Crippen LogP contribution is -2.17. The van der Waals surface area contributed by atoms with E-state index in [1.165, 1.54) is 42.6 Å². The second kappa shape index (κ2) is 6.35. The summed E-state index contributed by atoms with van der Waals surface area (Å²) in [7, 11) is 0. The second-order valence-corrected chi connectivity index (χ2v) is 4.25. The highest BCUT2D eigenvalue weighted by atomic mass is 16.6. The Bertz CT molecular complexity index is 758. The summed E-state index contributed by atoms with van der Waals surface area (Å²) in [5, 5.41) is 32.8. The molecule has 0 saturated heterocycles. The minimum absolute atomic E-state index is 0.0971. The first-order valence-electron chi connectivity index (χ1n) is 6.07. The maximum Gasteiger partial charge on any atom is 0.271 e. The van der Waals surface area contributed by atoms with Crippen LogP contribution in [-0.2, 0) is 0 Å². The van der Waals surface area contributed by atoms with Crippen LogP contribution < -0.4 is 5.43 Å². The molecule has 1 amide bonds. The zero-order valence-corrected chi connectivity index (χ0v) is 11.1. The van der Waals surface area contributed by atoms with Gasteiger partial charge in [0.2, 0.25) is 0 Å². The van der Waals surface area contributed by atoms with Crippen molar-refractivity contribution in [2.45, 2.75) is 0 Å². The molecule has 3 N–H and O–H groups in total. The molecule has 0 aromatic heterocycles. The fourth-order valence-corrected chi connectivity index (χ4v) is 1.61. The standard InChI is InChI=1S/C14H11N3O5/c18-12-5-4-9(6-13(12)19)8-15-16-14(20)10-2-1-3-11(7-10)17(21)22/h1-8,18-19H,(H,16,20)/b15-8+. The van der Waals surface area contributed by atoms with Crippen LogP contribution in [-0.4, -0.2) is 27.3 Å². The van der Waals surface area contributed by atoms with Gasteiger partial charge in [-0.15, -0.1) is 0 Å². The van der Waals surface area contributed by atoms with Crippen LogP contribution in [0, 0.1) is 10.1 Å². The zero-order chi connectivity index (χ0) is 16.1. The third-order valence-electron chi connectivity index (χ3n) is 2.70. The van der Waals surface area contributed by atoms with Crippen LogP contribution in [0.3, 0.4) is 0 Å². The third kappa shape index (κ3) is 3.57. The summed E-state index contributed by atoms with van der Waals surface area (Å²) in [6.07, 6.45) is 1.26. The molecule has 0 atom stereocenters.